The maximum Gasteiger partial charge on any atom is 0.0542 e. The maximum absolute atomic E-state index is 8.90. The molecule has 0 saturated heterocycles. The van der Waals surface area contributed by atoms with Crippen LogP contribution < -0.4 is 0 Å². The Morgan fingerprint density at radius 2 is 2.10 bits per heavy atom. The quantitative estimate of drug-likeness (QED) is 0.576. The summed E-state index contributed by atoms with van der Waals surface area (Å²) in [7, 11) is 0. The minimum absolute atomic E-state index is 0.281. The van der Waals surface area contributed by atoms with Gasteiger partial charge in [-0.15, -0.1) is 0 Å². The van der Waals surface area contributed by atoms with Crippen molar-refractivity contribution < 1.29 is 5.11 Å². The van der Waals surface area contributed by atoms with E-state index in [1.165, 1.54) is 12.8 Å². The van der Waals surface area contributed by atoms with E-state index < -0.39 is 0 Å². The van der Waals surface area contributed by atoms with Crippen LogP contribution >= 0.6 is 0 Å². The predicted octanol–water partition coefficient (Wildman–Crippen LogP) is 1.24. The van der Waals surface area contributed by atoms with Gasteiger partial charge in [0.25, 0.3) is 0 Å². The van der Waals surface area contributed by atoms with Crippen molar-refractivity contribution in [2.75, 3.05) is 6.61 Å². The van der Waals surface area contributed by atoms with Crippen molar-refractivity contribution in [2.45, 2.75) is 31.7 Å². The molecule has 1 aliphatic rings. The third-order valence-electron chi connectivity index (χ3n) is 2.34. The molecule has 2 atom stereocenters. The number of aliphatic hydroxyl groups excluding tert-OH is 1. The zero-order chi connectivity index (χ0) is 7.40. The summed E-state index contributed by atoms with van der Waals surface area (Å²) < 4.78 is 0. The highest BCUT2D eigenvalue weighted by Crippen LogP contribution is 2.25. The van der Waals surface area contributed by atoms with Gasteiger partial charge in [0.2, 0.25) is 0 Å². The lowest BCUT2D eigenvalue weighted by Crippen LogP contribution is -2.25. The van der Waals surface area contributed by atoms with Crippen molar-refractivity contribution in [3.63, 3.8) is 0 Å². The summed E-state index contributed by atoms with van der Waals surface area (Å²) in [6, 6.07) is 0.332. The van der Waals surface area contributed by atoms with Gasteiger partial charge in [0.1, 0.15) is 0 Å². The Bertz CT molecular complexity index is 114. The SMILES string of the molecule is C=NC1CCCCC1CO. The van der Waals surface area contributed by atoms with Gasteiger partial charge >= 0.3 is 0 Å². The minimum atomic E-state index is 0.281. The van der Waals surface area contributed by atoms with E-state index in [2.05, 4.69) is 11.7 Å². The molecule has 0 aromatic carbocycles. The number of hydrogen-bond acceptors (Lipinski definition) is 2. The number of aliphatic hydroxyl groups is 1. The van der Waals surface area contributed by atoms with Crippen LogP contribution in [0.5, 0.6) is 0 Å². The number of rotatable bonds is 2. The monoisotopic (exact) mass is 141 g/mol. The molecule has 1 fully saturated rings. The number of aliphatic imine (C=N–C) groups is 1. The van der Waals surface area contributed by atoms with E-state index in [4.69, 9.17) is 5.11 Å². The van der Waals surface area contributed by atoms with Gasteiger partial charge in [-0.05, 0) is 19.6 Å². The Balaban J connectivity index is 2.41. The van der Waals surface area contributed by atoms with Crippen LogP contribution in [0.15, 0.2) is 4.99 Å². The van der Waals surface area contributed by atoms with Crippen molar-refractivity contribution in [3.05, 3.63) is 0 Å². The van der Waals surface area contributed by atoms with Gasteiger partial charge in [-0.1, -0.05) is 12.8 Å². The molecule has 0 aromatic heterocycles. The van der Waals surface area contributed by atoms with E-state index in [0.717, 1.165) is 12.8 Å². The van der Waals surface area contributed by atoms with Crippen LogP contribution in [-0.2, 0) is 0 Å². The summed E-state index contributed by atoms with van der Waals surface area (Å²) in [5.41, 5.74) is 0. The first-order valence-electron chi connectivity index (χ1n) is 3.95. The first kappa shape index (κ1) is 7.73. The van der Waals surface area contributed by atoms with Gasteiger partial charge in [0.05, 0.1) is 6.04 Å². The molecule has 10 heavy (non-hydrogen) atoms. The molecule has 1 aliphatic carbocycles. The van der Waals surface area contributed by atoms with Crippen molar-refractivity contribution in [3.8, 4) is 0 Å². The largest absolute Gasteiger partial charge is 0.396 e. The molecule has 0 heterocycles. The predicted molar refractivity (Wildman–Crippen MR) is 42.4 cm³/mol. The molecule has 2 nitrogen and oxygen atoms in total. The Morgan fingerprint density at radius 1 is 1.40 bits per heavy atom. The lowest BCUT2D eigenvalue weighted by atomic mass is 9.85. The fourth-order valence-corrected chi connectivity index (χ4v) is 1.64. The van der Waals surface area contributed by atoms with E-state index in [1.54, 1.807) is 0 Å². The third kappa shape index (κ3) is 1.57. The van der Waals surface area contributed by atoms with Crippen molar-refractivity contribution in [1.82, 2.24) is 0 Å². The van der Waals surface area contributed by atoms with Gasteiger partial charge < -0.3 is 5.11 Å². The van der Waals surface area contributed by atoms with Crippen LogP contribution in [0.3, 0.4) is 0 Å². The Kier molecular flexibility index (Phi) is 2.87. The van der Waals surface area contributed by atoms with E-state index in [-0.39, 0.29) is 6.61 Å². The van der Waals surface area contributed by atoms with Crippen molar-refractivity contribution in [2.24, 2.45) is 10.9 Å². The van der Waals surface area contributed by atoms with Crippen LogP contribution in [0.25, 0.3) is 0 Å². The van der Waals surface area contributed by atoms with Gasteiger partial charge in [0.15, 0.2) is 0 Å². The molecular formula is C8H15NO. The molecule has 0 aromatic rings. The van der Waals surface area contributed by atoms with E-state index in [1.807, 2.05) is 0 Å². The van der Waals surface area contributed by atoms with E-state index in [0.29, 0.717) is 12.0 Å². The van der Waals surface area contributed by atoms with Crippen LogP contribution in [0, 0.1) is 5.92 Å². The molecule has 0 amide bonds. The molecule has 2 unspecified atom stereocenters. The van der Waals surface area contributed by atoms with Crippen molar-refractivity contribution >= 4 is 6.72 Å². The summed E-state index contributed by atoms with van der Waals surface area (Å²) in [6.45, 7) is 3.80. The maximum atomic E-state index is 8.90. The fraction of sp³-hybridized carbons (Fsp3) is 0.875. The van der Waals surface area contributed by atoms with E-state index in [9.17, 15) is 0 Å². The van der Waals surface area contributed by atoms with Gasteiger partial charge in [0, 0.05) is 12.5 Å². The molecule has 0 aliphatic heterocycles. The number of nitrogens with zero attached hydrogens (tertiary/aromatic N) is 1. The first-order valence-corrected chi connectivity index (χ1v) is 3.95. The normalized spacial score (nSPS) is 33.7. The Hall–Kier alpha value is -0.370. The topological polar surface area (TPSA) is 32.6 Å². The molecule has 1 N–H and O–H groups in total. The molecule has 1 rings (SSSR count). The highest BCUT2D eigenvalue weighted by atomic mass is 16.3. The van der Waals surface area contributed by atoms with Crippen molar-refractivity contribution in [1.29, 1.82) is 0 Å². The molecule has 58 valence electrons. The second kappa shape index (κ2) is 3.71. The van der Waals surface area contributed by atoms with Gasteiger partial charge in [-0.2, -0.15) is 0 Å². The second-order valence-electron chi connectivity index (χ2n) is 2.98. The lowest BCUT2D eigenvalue weighted by molar-refractivity contribution is 0.172. The Labute approximate surface area is 62.0 Å². The lowest BCUT2D eigenvalue weighted by Gasteiger charge is -2.26. The fourth-order valence-electron chi connectivity index (χ4n) is 1.64. The number of hydrogen-bond donors (Lipinski definition) is 1. The Morgan fingerprint density at radius 3 is 2.60 bits per heavy atom. The average Bonchev–Trinajstić information content (AvgIpc) is 2.04. The summed E-state index contributed by atoms with van der Waals surface area (Å²) >= 11 is 0. The highest BCUT2D eigenvalue weighted by Gasteiger charge is 2.22. The molecule has 1 saturated carbocycles. The summed E-state index contributed by atoms with van der Waals surface area (Å²) in [6.07, 6.45) is 4.74. The molecule has 0 bridgehead atoms. The molecule has 2 heteroatoms. The van der Waals surface area contributed by atoms with Crippen LogP contribution in [-0.4, -0.2) is 24.5 Å². The van der Waals surface area contributed by atoms with Crippen LogP contribution in [0.4, 0.5) is 0 Å². The van der Waals surface area contributed by atoms with Gasteiger partial charge in [-0.25, -0.2) is 0 Å². The second-order valence-corrected chi connectivity index (χ2v) is 2.98. The summed E-state index contributed by atoms with van der Waals surface area (Å²) in [4.78, 5) is 3.99. The summed E-state index contributed by atoms with van der Waals surface area (Å²) in [5, 5.41) is 8.90. The average molecular weight is 141 g/mol. The third-order valence-corrected chi connectivity index (χ3v) is 2.34. The summed E-state index contributed by atoms with van der Waals surface area (Å²) in [5.74, 6) is 0.395. The van der Waals surface area contributed by atoms with Crippen LogP contribution in [0.1, 0.15) is 25.7 Å². The highest BCUT2D eigenvalue weighted by molar-refractivity contribution is 5.24. The minimum Gasteiger partial charge on any atom is -0.396 e. The molecule has 0 radical (unpaired) electrons. The zero-order valence-electron chi connectivity index (χ0n) is 6.29. The van der Waals surface area contributed by atoms with E-state index >= 15 is 0 Å². The first-order chi connectivity index (χ1) is 4.88. The standard InChI is InChI=1S/C8H15NO/c1-9-8-5-3-2-4-7(8)6-10/h7-8,10H,1-6H2. The zero-order valence-corrected chi connectivity index (χ0v) is 6.29. The van der Waals surface area contributed by atoms with Gasteiger partial charge in [-0.3, -0.25) is 4.99 Å². The smallest absolute Gasteiger partial charge is 0.0542 e. The van der Waals surface area contributed by atoms with Crippen LogP contribution in [0.2, 0.25) is 0 Å². The molecule has 0 spiro atoms. The molecular weight excluding hydrogens is 126 g/mol.